The number of furan rings is 1. The second kappa shape index (κ2) is 7.17. The molecule has 0 bridgehead atoms. The summed E-state index contributed by atoms with van der Waals surface area (Å²) < 4.78 is 16.6. The fourth-order valence-electron chi connectivity index (χ4n) is 1.84. The largest absolute Gasteiger partial charge is 0.492 e. The zero-order valence-corrected chi connectivity index (χ0v) is 13.4. The van der Waals surface area contributed by atoms with Gasteiger partial charge in [0.2, 0.25) is 0 Å². The molecule has 0 fully saturated rings. The molecule has 1 N–H and O–H groups in total. The molecule has 0 spiro atoms. The fourth-order valence-corrected chi connectivity index (χ4v) is 2.45. The fraction of sp³-hybridized carbons (Fsp3) is 0.267. The average Bonchev–Trinajstić information content (AvgIpc) is 2.98. The monoisotopic (exact) mass is 353 g/mol. The maximum Gasteiger partial charge on any atom is 0.251 e. The Kier molecular flexibility index (Phi) is 5.27. The van der Waals surface area contributed by atoms with E-state index in [-0.39, 0.29) is 5.91 Å². The van der Waals surface area contributed by atoms with Crippen LogP contribution in [-0.2, 0) is 6.54 Å². The number of nitrogens with one attached hydrogen (secondary N) is 1. The number of ether oxygens (including phenoxy) is 2. The van der Waals surface area contributed by atoms with Crippen LogP contribution in [0.4, 0.5) is 0 Å². The standard InChI is InChI=1S/C15H16BrNO4/c1-3-20-13-8-10(7-12(16)14(13)19-2)15(18)17-9-11-5-4-6-21-11/h4-8H,3,9H2,1-2H3,(H,17,18). The molecule has 21 heavy (non-hydrogen) atoms. The van der Waals surface area contributed by atoms with Gasteiger partial charge in [-0.15, -0.1) is 0 Å². The minimum absolute atomic E-state index is 0.212. The number of hydrogen-bond donors (Lipinski definition) is 1. The maximum atomic E-state index is 12.2. The van der Waals surface area contributed by atoms with Gasteiger partial charge in [0.15, 0.2) is 11.5 Å². The molecule has 0 aliphatic heterocycles. The molecule has 0 aliphatic rings. The number of hydrogen-bond acceptors (Lipinski definition) is 4. The van der Waals surface area contributed by atoms with Crippen LogP contribution < -0.4 is 14.8 Å². The molecule has 1 aromatic heterocycles. The smallest absolute Gasteiger partial charge is 0.251 e. The van der Waals surface area contributed by atoms with Crippen LogP contribution in [0.3, 0.4) is 0 Å². The molecule has 2 rings (SSSR count). The van der Waals surface area contributed by atoms with Crippen LogP contribution in [0.2, 0.25) is 0 Å². The van der Waals surface area contributed by atoms with Crippen molar-refractivity contribution in [2.45, 2.75) is 13.5 Å². The topological polar surface area (TPSA) is 60.7 Å². The Bertz CT molecular complexity index is 610. The summed E-state index contributed by atoms with van der Waals surface area (Å²) in [5.41, 5.74) is 0.484. The first-order chi connectivity index (χ1) is 10.2. The number of methoxy groups -OCH3 is 1. The van der Waals surface area contributed by atoms with E-state index in [1.165, 1.54) is 0 Å². The third kappa shape index (κ3) is 3.78. The Morgan fingerprint density at radius 3 is 2.86 bits per heavy atom. The zero-order valence-electron chi connectivity index (χ0n) is 11.8. The van der Waals surface area contributed by atoms with Crippen molar-refractivity contribution in [2.24, 2.45) is 0 Å². The van der Waals surface area contributed by atoms with Crippen molar-refractivity contribution in [1.82, 2.24) is 5.32 Å². The Hall–Kier alpha value is -1.95. The third-order valence-electron chi connectivity index (χ3n) is 2.78. The van der Waals surface area contributed by atoms with Crippen molar-refractivity contribution in [3.8, 4) is 11.5 Å². The summed E-state index contributed by atoms with van der Waals surface area (Å²) in [6, 6.07) is 6.93. The minimum atomic E-state index is -0.212. The average molecular weight is 354 g/mol. The number of carbonyl (C=O) groups excluding carboxylic acids is 1. The Labute approximate surface area is 131 Å². The molecule has 0 radical (unpaired) electrons. The second-order valence-corrected chi connectivity index (χ2v) is 5.04. The highest BCUT2D eigenvalue weighted by atomic mass is 79.9. The van der Waals surface area contributed by atoms with Crippen molar-refractivity contribution < 1.29 is 18.7 Å². The van der Waals surface area contributed by atoms with Gasteiger partial charge in [-0.3, -0.25) is 4.79 Å². The van der Waals surface area contributed by atoms with Crippen molar-refractivity contribution in [2.75, 3.05) is 13.7 Å². The van der Waals surface area contributed by atoms with Crippen LogP contribution in [0.25, 0.3) is 0 Å². The van der Waals surface area contributed by atoms with E-state index in [9.17, 15) is 4.79 Å². The predicted octanol–water partition coefficient (Wildman–Crippen LogP) is 3.38. The first-order valence-electron chi connectivity index (χ1n) is 6.46. The Balaban J connectivity index is 2.16. The highest BCUT2D eigenvalue weighted by Crippen LogP contribution is 2.36. The summed E-state index contributed by atoms with van der Waals surface area (Å²) in [6.07, 6.45) is 1.57. The van der Waals surface area contributed by atoms with Crippen LogP contribution in [0.15, 0.2) is 39.4 Å². The van der Waals surface area contributed by atoms with E-state index in [4.69, 9.17) is 13.9 Å². The van der Waals surface area contributed by atoms with Crippen LogP contribution in [0, 0.1) is 0 Å². The van der Waals surface area contributed by atoms with E-state index >= 15 is 0 Å². The molecule has 5 nitrogen and oxygen atoms in total. The van der Waals surface area contributed by atoms with Crippen LogP contribution in [0.5, 0.6) is 11.5 Å². The highest BCUT2D eigenvalue weighted by Gasteiger charge is 2.15. The quantitative estimate of drug-likeness (QED) is 0.864. The van der Waals surface area contributed by atoms with E-state index in [1.807, 2.05) is 6.92 Å². The lowest BCUT2D eigenvalue weighted by atomic mass is 10.2. The van der Waals surface area contributed by atoms with E-state index in [0.717, 1.165) is 0 Å². The molecule has 1 aromatic carbocycles. The summed E-state index contributed by atoms with van der Waals surface area (Å²) in [7, 11) is 1.55. The van der Waals surface area contributed by atoms with Gasteiger partial charge in [-0.25, -0.2) is 0 Å². The number of benzene rings is 1. The summed E-state index contributed by atoms with van der Waals surface area (Å²) in [6.45, 7) is 2.69. The molecular formula is C15H16BrNO4. The zero-order chi connectivity index (χ0) is 15.2. The minimum Gasteiger partial charge on any atom is -0.492 e. The molecule has 0 aliphatic carbocycles. The molecule has 2 aromatic rings. The lowest BCUT2D eigenvalue weighted by Gasteiger charge is -2.13. The highest BCUT2D eigenvalue weighted by molar-refractivity contribution is 9.10. The first-order valence-corrected chi connectivity index (χ1v) is 7.26. The molecule has 0 saturated carbocycles. The van der Waals surface area contributed by atoms with Gasteiger partial charge in [0.1, 0.15) is 5.76 Å². The van der Waals surface area contributed by atoms with Gasteiger partial charge in [-0.2, -0.15) is 0 Å². The Morgan fingerprint density at radius 2 is 2.24 bits per heavy atom. The number of halogens is 1. The lowest BCUT2D eigenvalue weighted by Crippen LogP contribution is -2.22. The van der Waals surface area contributed by atoms with Crippen LogP contribution in [-0.4, -0.2) is 19.6 Å². The van der Waals surface area contributed by atoms with Gasteiger partial charge in [0, 0.05) is 5.56 Å². The maximum absolute atomic E-state index is 12.2. The molecular weight excluding hydrogens is 338 g/mol. The van der Waals surface area contributed by atoms with Crippen molar-refractivity contribution in [3.63, 3.8) is 0 Å². The van der Waals surface area contributed by atoms with Gasteiger partial charge in [-0.1, -0.05) is 0 Å². The normalized spacial score (nSPS) is 10.2. The van der Waals surface area contributed by atoms with Gasteiger partial charge in [0.25, 0.3) is 5.91 Å². The van der Waals surface area contributed by atoms with Crippen molar-refractivity contribution in [1.29, 1.82) is 0 Å². The van der Waals surface area contributed by atoms with Crippen molar-refractivity contribution in [3.05, 3.63) is 46.3 Å². The summed E-state index contributed by atoms with van der Waals surface area (Å²) in [5, 5.41) is 2.79. The number of carbonyl (C=O) groups is 1. The van der Waals surface area contributed by atoms with Crippen LogP contribution >= 0.6 is 15.9 Å². The van der Waals surface area contributed by atoms with Crippen LogP contribution in [0.1, 0.15) is 23.0 Å². The summed E-state index contributed by atoms with van der Waals surface area (Å²) >= 11 is 3.38. The molecule has 1 heterocycles. The Morgan fingerprint density at radius 1 is 1.43 bits per heavy atom. The number of amides is 1. The molecule has 0 unspecified atom stereocenters. The van der Waals surface area contributed by atoms with E-state index in [0.29, 0.717) is 40.4 Å². The van der Waals surface area contributed by atoms with E-state index in [1.54, 1.807) is 37.6 Å². The molecule has 0 saturated heterocycles. The van der Waals surface area contributed by atoms with E-state index in [2.05, 4.69) is 21.2 Å². The molecule has 6 heteroatoms. The summed E-state index contributed by atoms with van der Waals surface area (Å²) in [4.78, 5) is 12.2. The molecule has 0 atom stereocenters. The SMILES string of the molecule is CCOc1cc(C(=O)NCc2ccco2)cc(Br)c1OC. The van der Waals surface area contributed by atoms with Gasteiger partial charge >= 0.3 is 0 Å². The third-order valence-corrected chi connectivity index (χ3v) is 3.37. The lowest BCUT2D eigenvalue weighted by molar-refractivity contribution is 0.0947. The summed E-state index contributed by atoms with van der Waals surface area (Å²) in [5.74, 6) is 1.58. The van der Waals surface area contributed by atoms with Gasteiger partial charge in [0.05, 0.1) is 31.0 Å². The first kappa shape index (κ1) is 15.4. The second-order valence-electron chi connectivity index (χ2n) is 4.18. The molecule has 1 amide bonds. The van der Waals surface area contributed by atoms with E-state index < -0.39 is 0 Å². The van der Waals surface area contributed by atoms with Gasteiger partial charge < -0.3 is 19.2 Å². The van der Waals surface area contributed by atoms with Gasteiger partial charge in [-0.05, 0) is 47.1 Å². The van der Waals surface area contributed by atoms with Crippen molar-refractivity contribution >= 4 is 21.8 Å². The molecule has 112 valence electrons. The predicted molar refractivity (Wildman–Crippen MR) is 81.7 cm³/mol. The number of rotatable bonds is 6.